The molecule has 3 heterocycles. The lowest BCUT2D eigenvalue weighted by molar-refractivity contribution is -0.145. The number of rotatable bonds is 2. The van der Waals surface area contributed by atoms with Crippen molar-refractivity contribution in [2.24, 2.45) is 0 Å². The van der Waals surface area contributed by atoms with Crippen LogP contribution in [-0.4, -0.2) is 48.1 Å². The predicted octanol–water partition coefficient (Wildman–Crippen LogP) is 1.70. The summed E-state index contributed by atoms with van der Waals surface area (Å²) in [5.41, 5.74) is 3.15. The second-order valence-electron chi connectivity index (χ2n) is 6.27. The number of hydrogen-bond acceptors (Lipinski definition) is 6. The van der Waals surface area contributed by atoms with Gasteiger partial charge in [0.05, 0.1) is 17.7 Å². The molecule has 6 nitrogen and oxygen atoms in total. The molecule has 0 N–H and O–H groups in total. The van der Waals surface area contributed by atoms with Gasteiger partial charge in [-0.05, 0) is 13.1 Å². The van der Waals surface area contributed by atoms with E-state index >= 15 is 0 Å². The van der Waals surface area contributed by atoms with Gasteiger partial charge in [0.1, 0.15) is 0 Å². The Hall–Kier alpha value is -2.47. The summed E-state index contributed by atoms with van der Waals surface area (Å²) in [4.78, 5) is 31.4. The van der Waals surface area contributed by atoms with Gasteiger partial charge in [0, 0.05) is 42.6 Å². The number of fused-ring (bicyclic) bond motifs is 2. The molecule has 124 valence electrons. The van der Waals surface area contributed by atoms with Crippen molar-refractivity contribution < 1.29 is 19.1 Å². The largest absolute Gasteiger partial charge is 0.463 e. The maximum atomic E-state index is 12.9. The lowest BCUT2D eigenvalue weighted by Crippen LogP contribution is -2.30. The number of nitrogens with zero attached hydrogens (tertiary/aromatic N) is 2. The second kappa shape index (κ2) is 5.87. The SMILES string of the molecule is CN1CCc2nc3ccccc3c(C(=O)OC3CCOC3=O)c2C1. The average molecular weight is 326 g/mol. The van der Waals surface area contributed by atoms with E-state index in [9.17, 15) is 9.59 Å². The number of pyridine rings is 1. The minimum absolute atomic E-state index is 0.300. The number of para-hydroxylation sites is 1. The van der Waals surface area contributed by atoms with Crippen LogP contribution in [0.3, 0.4) is 0 Å². The summed E-state index contributed by atoms with van der Waals surface area (Å²) < 4.78 is 10.3. The molecule has 1 saturated heterocycles. The van der Waals surface area contributed by atoms with Crippen LogP contribution in [0.25, 0.3) is 10.9 Å². The molecule has 0 aliphatic carbocycles. The van der Waals surface area contributed by atoms with Crippen LogP contribution in [-0.2, 0) is 27.2 Å². The first-order chi connectivity index (χ1) is 11.6. The molecule has 2 aliphatic heterocycles. The maximum absolute atomic E-state index is 12.9. The molecule has 1 atom stereocenters. The van der Waals surface area contributed by atoms with Crippen molar-refractivity contribution in [3.63, 3.8) is 0 Å². The van der Waals surface area contributed by atoms with Crippen molar-refractivity contribution in [3.8, 4) is 0 Å². The molecule has 2 aromatic rings. The van der Waals surface area contributed by atoms with Gasteiger partial charge in [-0.3, -0.25) is 4.98 Å². The van der Waals surface area contributed by atoms with E-state index in [1.807, 2.05) is 31.3 Å². The van der Waals surface area contributed by atoms with E-state index in [0.717, 1.165) is 35.1 Å². The van der Waals surface area contributed by atoms with Gasteiger partial charge in [0.2, 0.25) is 6.10 Å². The molecule has 0 spiro atoms. The van der Waals surface area contributed by atoms with E-state index in [1.54, 1.807) is 0 Å². The van der Waals surface area contributed by atoms with Gasteiger partial charge in [-0.2, -0.15) is 0 Å². The summed E-state index contributed by atoms with van der Waals surface area (Å²) in [6.07, 6.45) is 0.402. The van der Waals surface area contributed by atoms with Gasteiger partial charge in [0.25, 0.3) is 0 Å². The Morgan fingerprint density at radius 1 is 1.38 bits per heavy atom. The van der Waals surface area contributed by atoms with Gasteiger partial charge in [-0.15, -0.1) is 0 Å². The maximum Gasteiger partial charge on any atom is 0.347 e. The normalized spacial score (nSPS) is 20.7. The molecule has 2 aliphatic rings. The van der Waals surface area contributed by atoms with Crippen LogP contribution >= 0.6 is 0 Å². The molecule has 6 heteroatoms. The lowest BCUT2D eigenvalue weighted by Gasteiger charge is -2.26. The third-order valence-corrected chi connectivity index (χ3v) is 4.58. The van der Waals surface area contributed by atoms with Crippen molar-refractivity contribution >= 4 is 22.8 Å². The van der Waals surface area contributed by atoms with Crippen LogP contribution in [0.2, 0.25) is 0 Å². The molecule has 0 amide bonds. The van der Waals surface area contributed by atoms with E-state index in [2.05, 4.69) is 4.90 Å². The second-order valence-corrected chi connectivity index (χ2v) is 6.27. The van der Waals surface area contributed by atoms with Crippen molar-refractivity contribution in [2.45, 2.75) is 25.5 Å². The van der Waals surface area contributed by atoms with Gasteiger partial charge in [-0.25, -0.2) is 9.59 Å². The van der Waals surface area contributed by atoms with Crippen LogP contribution in [0.4, 0.5) is 0 Å². The number of aromatic nitrogens is 1. The Balaban J connectivity index is 1.81. The number of esters is 2. The van der Waals surface area contributed by atoms with Gasteiger partial charge in [0.15, 0.2) is 0 Å². The minimum Gasteiger partial charge on any atom is -0.463 e. The summed E-state index contributed by atoms with van der Waals surface area (Å²) in [6.45, 7) is 1.85. The number of hydrogen-bond donors (Lipinski definition) is 0. The highest BCUT2D eigenvalue weighted by Crippen LogP contribution is 2.29. The zero-order valence-corrected chi connectivity index (χ0v) is 13.4. The lowest BCUT2D eigenvalue weighted by atomic mass is 9.96. The van der Waals surface area contributed by atoms with Crippen LogP contribution in [0.1, 0.15) is 28.0 Å². The fourth-order valence-electron chi connectivity index (χ4n) is 3.33. The van der Waals surface area contributed by atoms with Gasteiger partial charge >= 0.3 is 11.9 Å². The highest BCUT2D eigenvalue weighted by atomic mass is 16.6. The fourth-order valence-corrected chi connectivity index (χ4v) is 3.33. The van der Waals surface area contributed by atoms with Gasteiger partial charge < -0.3 is 14.4 Å². The van der Waals surface area contributed by atoms with Crippen molar-refractivity contribution in [2.75, 3.05) is 20.2 Å². The molecule has 0 radical (unpaired) electrons. The number of cyclic esters (lactones) is 1. The summed E-state index contributed by atoms with van der Waals surface area (Å²) in [5, 5.41) is 0.767. The first kappa shape index (κ1) is 15.1. The van der Waals surface area contributed by atoms with Crippen molar-refractivity contribution in [1.82, 2.24) is 9.88 Å². The molecule has 1 fully saturated rings. The number of carbonyl (C=O) groups is 2. The van der Waals surface area contributed by atoms with Crippen LogP contribution in [0, 0.1) is 0 Å². The molecular formula is C18H18N2O4. The van der Waals surface area contributed by atoms with E-state index in [4.69, 9.17) is 14.5 Å². The number of ether oxygens (including phenoxy) is 2. The fraction of sp³-hybridized carbons (Fsp3) is 0.389. The predicted molar refractivity (Wildman–Crippen MR) is 86.6 cm³/mol. The minimum atomic E-state index is -0.804. The van der Waals surface area contributed by atoms with Gasteiger partial charge in [-0.1, -0.05) is 18.2 Å². The Morgan fingerprint density at radius 2 is 2.21 bits per heavy atom. The Labute approximate surface area is 139 Å². The van der Waals surface area contributed by atoms with Crippen LogP contribution < -0.4 is 0 Å². The number of benzene rings is 1. The summed E-state index contributed by atoms with van der Waals surface area (Å²) >= 11 is 0. The average Bonchev–Trinajstić information content (AvgIpc) is 2.97. The topological polar surface area (TPSA) is 68.7 Å². The standard InChI is InChI=1S/C18H18N2O4/c1-20-8-6-14-12(10-20)16(11-4-2-3-5-13(11)19-14)18(22)24-15-7-9-23-17(15)21/h2-5,15H,6-10H2,1H3. The summed E-state index contributed by atoms with van der Waals surface area (Å²) in [5.74, 6) is -0.934. The van der Waals surface area contributed by atoms with Crippen molar-refractivity contribution in [3.05, 3.63) is 41.1 Å². The van der Waals surface area contributed by atoms with Crippen LogP contribution in [0.15, 0.2) is 24.3 Å². The first-order valence-corrected chi connectivity index (χ1v) is 8.10. The van der Waals surface area contributed by atoms with Crippen LogP contribution in [0.5, 0.6) is 0 Å². The Bertz CT molecular complexity index is 833. The molecule has 1 aromatic carbocycles. The zero-order valence-electron chi connectivity index (χ0n) is 13.4. The smallest absolute Gasteiger partial charge is 0.347 e. The molecule has 0 saturated carbocycles. The summed E-state index contributed by atoms with van der Waals surface area (Å²) in [6, 6.07) is 7.55. The third kappa shape index (κ3) is 2.53. The van der Waals surface area contributed by atoms with Crippen molar-refractivity contribution in [1.29, 1.82) is 0 Å². The molecule has 24 heavy (non-hydrogen) atoms. The molecule has 4 rings (SSSR count). The molecule has 1 unspecified atom stereocenters. The number of carbonyl (C=O) groups excluding carboxylic acids is 2. The highest BCUT2D eigenvalue weighted by molar-refractivity contribution is 6.05. The molecular weight excluding hydrogens is 308 g/mol. The molecule has 1 aromatic heterocycles. The van der Waals surface area contributed by atoms with E-state index in [1.165, 1.54) is 0 Å². The third-order valence-electron chi connectivity index (χ3n) is 4.58. The monoisotopic (exact) mass is 326 g/mol. The number of likely N-dealkylation sites (N-methyl/N-ethyl adjacent to an activating group) is 1. The van der Waals surface area contributed by atoms with E-state index < -0.39 is 18.0 Å². The highest BCUT2D eigenvalue weighted by Gasteiger charge is 2.33. The van der Waals surface area contributed by atoms with E-state index in [-0.39, 0.29) is 0 Å². The quantitative estimate of drug-likeness (QED) is 0.783. The Morgan fingerprint density at radius 3 is 3.00 bits per heavy atom. The Kier molecular flexibility index (Phi) is 3.69. The first-order valence-electron chi connectivity index (χ1n) is 8.10. The summed E-state index contributed by atoms with van der Waals surface area (Å²) in [7, 11) is 2.02. The zero-order chi connectivity index (χ0) is 16.7. The van der Waals surface area contributed by atoms with E-state index in [0.29, 0.717) is 25.1 Å². The molecule has 0 bridgehead atoms.